The van der Waals surface area contributed by atoms with Crippen molar-refractivity contribution in [2.45, 2.75) is 25.6 Å². The predicted molar refractivity (Wildman–Crippen MR) is 52.6 cm³/mol. The molecule has 0 amide bonds. The number of nitrogens with zero attached hydrogens (tertiary/aromatic N) is 1. The second-order valence-electron chi connectivity index (χ2n) is 3.86. The summed E-state index contributed by atoms with van der Waals surface area (Å²) in [5.41, 5.74) is 1.26. The van der Waals surface area contributed by atoms with Gasteiger partial charge in [0.25, 0.3) is 0 Å². The van der Waals surface area contributed by atoms with Crippen LogP contribution < -0.4 is 5.32 Å². The van der Waals surface area contributed by atoms with Crippen LogP contribution in [-0.4, -0.2) is 42.2 Å². The highest BCUT2D eigenvalue weighted by atomic mass is 19.4. The van der Waals surface area contributed by atoms with Gasteiger partial charge < -0.3 is 15.3 Å². The number of alkyl halides is 3. The number of aliphatic carboxylic acids is 1. The highest BCUT2D eigenvalue weighted by Gasteiger charge is 2.38. The molecule has 1 unspecified atom stereocenters. The minimum absolute atomic E-state index is 0.315. The van der Waals surface area contributed by atoms with Crippen LogP contribution >= 0.6 is 0 Å². The summed E-state index contributed by atoms with van der Waals surface area (Å²) in [5, 5.41) is 14.4. The molecule has 2 aliphatic rings. The zero-order valence-corrected chi connectivity index (χ0v) is 9.12. The lowest BCUT2D eigenvalue weighted by atomic mass is 9.94. The Morgan fingerprint density at radius 1 is 1.53 bits per heavy atom. The molecule has 0 radical (unpaired) electrons. The van der Waals surface area contributed by atoms with Crippen molar-refractivity contribution in [1.82, 2.24) is 5.32 Å². The molecule has 0 aliphatic carbocycles. The molecule has 8 heteroatoms. The van der Waals surface area contributed by atoms with Crippen molar-refractivity contribution in [3.8, 4) is 0 Å². The van der Waals surface area contributed by atoms with Crippen LogP contribution in [0.3, 0.4) is 0 Å². The van der Waals surface area contributed by atoms with Crippen LogP contribution in [0.1, 0.15) is 13.3 Å². The van der Waals surface area contributed by atoms with Crippen molar-refractivity contribution < 1.29 is 27.9 Å². The van der Waals surface area contributed by atoms with Gasteiger partial charge in [-0.1, -0.05) is 5.16 Å². The second kappa shape index (κ2) is 5.35. The van der Waals surface area contributed by atoms with E-state index in [-0.39, 0.29) is 0 Å². The maximum atomic E-state index is 10.6. The topological polar surface area (TPSA) is 70.9 Å². The van der Waals surface area contributed by atoms with Crippen LogP contribution in [-0.2, 0) is 9.63 Å². The molecule has 5 nitrogen and oxygen atoms in total. The summed E-state index contributed by atoms with van der Waals surface area (Å²) >= 11 is 0. The molecule has 0 saturated carbocycles. The number of hydrogen-bond donors (Lipinski definition) is 2. The van der Waals surface area contributed by atoms with Crippen LogP contribution in [0.25, 0.3) is 0 Å². The summed E-state index contributed by atoms with van der Waals surface area (Å²) in [4.78, 5) is 14.0. The average molecular weight is 254 g/mol. The third kappa shape index (κ3) is 4.22. The summed E-state index contributed by atoms with van der Waals surface area (Å²) in [6, 6.07) is 0. The Hall–Kier alpha value is -1.31. The molecule has 1 fully saturated rings. The van der Waals surface area contributed by atoms with E-state index in [4.69, 9.17) is 14.7 Å². The number of carboxylic acids is 1. The maximum absolute atomic E-state index is 10.6. The third-order valence-corrected chi connectivity index (χ3v) is 2.34. The summed E-state index contributed by atoms with van der Waals surface area (Å²) in [6.45, 7) is 4.24. The molecule has 0 bridgehead atoms. The highest BCUT2D eigenvalue weighted by Crippen LogP contribution is 2.18. The van der Waals surface area contributed by atoms with E-state index in [1.165, 1.54) is 5.71 Å². The molecular formula is C9H13F3N2O3. The first-order valence-electron chi connectivity index (χ1n) is 5.04. The van der Waals surface area contributed by atoms with Crippen molar-refractivity contribution in [3.05, 3.63) is 0 Å². The molecule has 1 atom stereocenters. The summed E-state index contributed by atoms with van der Waals surface area (Å²) in [5.74, 6) is -2.09. The lowest BCUT2D eigenvalue weighted by Gasteiger charge is -2.25. The van der Waals surface area contributed by atoms with Crippen LogP contribution in [0.4, 0.5) is 13.2 Å². The van der Waals surface area contributed by atoms with E-state index in [0.717, 1.165) is 19.5 Å². The van der Waals surface area contributed by atoms with Gasteiger partial charge in [-0.25, -0.2) is 4.79 Å². The quantitative estimate of drug-likeness (QED) is 0.732. The summed E-state index contributed by atoms with van der Waals surface area (Å²) in [7, 11) is 0. The first-order chi connectivity index (χ1) is 7.80. The Balaban J connectivity index is 0.000000185. The van der Waals surface area contributed by atoms with E-state index in [9.17, 15) is 13.2 Å². The Morgan fingerprint density at radius 2 is 2.06 bits per heavy atom. The molecule has 2 heterocycles. The van der Waals surface area contributed by atoms with E-state index in [1.54, 1.807) is 0 Å². The van der Waals surface area contributed by atoms with Gasteiger partial charge in [0.15, 0.2) is 0 Å². The largest absolute Gasteiger partial charge is 0.490 e. The van der Waals surface area contributed by atoms with Gasteiger partial charge in [-0.15, -0.1) is 0 Å². The standard InChI is InChI=1S/C7H12N2O.C2HF3O2/c1-5-2-7(9-10-5)6-3-8-4-6;3-2(4,5)1(6)7/h5-6,8H,2-4H2,1H3;(H,6,7). The van der Waals surface area contributed by atoms with Crippen molar-refractivity contribution in [1.29, 1.82) is 0 Å². The maximum Gasteiger partial charge on any atom is 0.490 e. The number of carboxylic acid groups (broad SMARTS) is 1. The van der Waals surface area contributed by atoms with Gasteiger partial charge in [0.2, 0.25) is 0 Å². The van der Waals surface area contributed by atoms with Crippen molar-refractivity contribution in [2.24, 2.45) is 11.1 Å². The van der Waals surface area contributed by atoms with Gasteiger partial charge in [0.1, 0.15) is 6.10 Å². The molecule has 1 saturated heterocycles. The number of nitrogens with one attached hydrogen (secondary N) is 1. The van der Waals surface area contributed by atoms with Gasteiger partial charge in [-0.05, 0) is 6.92 Å². The number of oxime groups is 1. The highest BCUT2D eigenvalue weighted by molar-refractivity contribution is 5.88. The summed E-state index contributed by atoms with van der Waals surface area (Å²) < 4.78 is 31.7. The Kier molecular flexibility index (Phi) is 4.33. The molecule has 0 spiro atoms. The zero-order chi connectivity index (χ0) is 13.1. The normalized spacial score (nSPS) is 24.0. The van der Waals surface area contributed by atoms with E-state index >= 15 is 0 Å². The van der Waals surface area contributed by atoms with E-state index in [2.05, 4.69) is 17.4 Å². The molecule has 2 rings (SSSR count). The van der Waals surface area contributed by atoms with E-state index < -0.39 is 12.1 Å². The molecule has 0 aromatic carbocycles. The van der Waals surface area contributed by atoms with E-state index in [0.29, 0.717) is 12.0 Å². The van der Waals surface area contributed by atoms with Crippen molar-refractivity contribution >= 4 is 11.7 Å². The van der Waals surface area contributed by atoms with E-state index in [1.807, 2.05) is 0 Å². The van der Waals surface area contributed by atoms with Gasteiger partial charge in [-0.2, -0.15) is 13.2 Å². The summed E-state index contributed by atoms with van der Waals surface area (Å²) in [6.07, 6.45) is -3.73. The molecule has 2 aliphatic heterocycles. The smallest absolute Gasteiger partial charge is 0.475 e. The lowest BCUT2D eigenvalue weighted by Crippen LogP contribution is -2.46. The molecule has 17 heavy (non-hydrogen) atoms. The second-order valence-corrected chi connectivity index (χ2v) is 3.86. The zero-order valence-electron chi connectivity index (χ0n) is 9.12. The molecule has 98 valence electrons. The van der Waals surface area contributed by atoms with Gasteiger partial charge in [0, 0.05) is 25.4 Å². The minimum atomic E-state index is -5.08. The lowest BCUT2D eigenvalue weighted by molar-refractivity contribution is -0.192. The minimum Gasteiger partial charge on any atom is -0.475 e. The molecule has 0 aromatic rings. The fourth-order valence-corrected chi connectivity index (χ4v) is 1.29. The number of hydrogen-bond acceptors (Lipinski definition) is 4. The van der Waals surface area contributed by atoms with Crippen LogP contribution in [0.15, 0.2) is 5.16 Å². The van der Waals surface area contributed by atoms with Crippen LogP contribution in [0, 0.1) is 5.92 Å². The number of rotatable bonds is 1. The third-order valence-electron chi connectivity index (χ3n) is 2.34. The Labute approximate surface area is 95.6 Å². The monoisotopic (exact) mass is 254 g/mol. The first-order valence-corrected chi connectivity index (χ1v) is 5.04. The average Bonchev–Trinajstić information content (AvgIpc) is 2.48. The van der Waals surface area contributed by atoms with Gasteiger partial charge >= 0.3 is 12.1 Å². The van der Waals surface area contributed by atoms with Gasteiger partial charge in [0.05, 0.1) is 5.71 Å². The molecule has 2 N–H and O–H groups in total. The molecular weight excluding hydrogens is 241 g/mol. The first kappa shape index (κ1) is 13.8. The van der Waals surface area contributed by atoms with Gasteiger partial charge in [-0.3, -0.25) is 0 Å². The fourth-order valence-electron chi connectivity index (χ4n) is 1.29. The SMILES string of the molecule is CC1CC(C2CNC2)=NO1.O=C(O)C(F)(F)F. The Bertz CT molecular complexity index is 313. The van der Waals surface area contributed by atoms with Crippen LogP contribution in [0.5, 0.6) is 0 Å². The van der Waals surface area contributed by atoms with Crippen LogP contribution in [0.2, 0.25) is 0 Å². The number of halogens is 3. The van der Waals surface area contributed by atoms with Crippen molar-refractivity contribution in [3.63, 3.8) is 0 Å². The number of carbonyl (C=O) groups is 1. The molecule has 0 aromatic heterocycles. The fraction of sp³-hybridized carbons (Fsp3) is 0.778. The van der Waals surface area contributed by atoms with Crippen molar-refractivity contribution in [2.75, 3.05) is 13.1 Å². The predicted octanol–water partition coefficient (Wildman–Crippen LogP) is 1.00. The Morgan fingerprint density at radius 3 is 2.29 bits per heavy atom.